The molecule has 0 amide bonds. The van der Waals surface area contributed by atoms with Gasteiger partial charge in [-0.1, -0.05) is 12.1 Å². The number of halogens is 4. The van der Waals surface area contributed by atoms with Crippen molar-refractivity contribution < 1.29 is 32.2 Å². The molecular formula is C10H6F4O3. The van der Waals surface area contributed by atoms with Crippen molar-refractivity contribution in [3.8, 4) is 5.75 Å². The van der Waals surface area contributed by atoms with E-state index in [-0.39, 0.29) is 5.56 Å². The summed E-state index contributed by atoms with van der Waals surface area (Å²) in [5, 5.41) is 8.32. The molecule has 92 valence electrons. The van der Waals surface area contributed by atoms with E-state index in [0.717, 1.165) is 24.3 Å². The average Bonchev–Trinajstić information content (AvgIpc) is 2.17. The molecule has 0 aliphatic carbocycles. The van der Waals surface area contributed by atoms with Crippen molar-refractivity contribution in [3.63, 3.8) is 0 Å². The Morgan fingerprint density at radius 1 is 1.35 bits per heavy atom. The molecule has 1 rings (SSSR count). The molecule has 7 heteroatoms. The first kappa shape index (κ1) is 13.0. The van der Waals surface area contributed by atoms with E-state index in [1.807, 2.05) is 0 Å². The molecule has 0 heterocycles. The van der Waals surface area contributed by atoms with Gasteiger partial charge in [-0.2, -0.15) is 0 Å². The number of carbonyl (C=O) groups is 1. The zero-order valence-corrected chi connectivity index (χ0v) is 8.16. The fraction of sp³-hybridized carbons (Fsp3) is 0.100. The first-order valence-corrected chi connectivity index (χ1v) is 4.25. The molecule has 0 saturated heterocycles. The maximum atomic E-state index is 13.1. The molecule has 0 aliphatic heterocycles. The number of aliphatic carboxylic acids is 1. The number of para-hydroxylation sites is 1. The molecule has 0 unspecified atom stereocenters. The number of hydrogen-bond acceptors (Lipinski definition) is 2. The second kappa shape index (κ2) is 4.86. The maximum absolute atomic E-state index is 13.1. The van der Waals surface area contributed by atoms with E-state index >= 15 is 0 Å². The third kappa shape index (κ3) is 4.13. The highest BCUT2D eigenvalue weighted by Crippen LogP contribution is 2.29. The summed E-state index contributed by atoms with van der Waals surface area (Å²) in [6.07, 6.45) is -3.65. The molecule has 0 bridgehead atoms. The topological polar surface area (TPSA) is 46.5 Å². The number of ether oxygens (including phenoxy) is 1. The van der Waals surface area contributed by atoms with Crippen LogP contribution >= 0.6 is 0 Å². The van der Waals surface area contributed by atoms with Crippen molar-refractivity contribution in [1.29, 1.82) is 0 Å². The molecule has 0 atom stereocenters. The van der Waals surface area contributed by atoms with E-state index in [0.29, 0.717) is 6.08 Å². The number of alkyl halides is 3. The number of hydrogen-bond donors (Lipinski definition) is 1. The minimum atomic E-state index is -5.05. The SMILES string of the molecule is O=C(O)/C=C/c1cccc(F)c1OC(F)(F)F. The summed E-state index contributed by atoms with van der Waals surface area (Å²) >= 11 is 0. The number of carboxylic acid groups (broad SMARTS) is 1. The Labute approximate surface area is 92.9 Å². The Hall–Kier alpha value is -2.05. The van der Waals surface area contributed by atoms with Crippen LogP contribution in [-0.2, 0) is 4.79 Å². The van der Waals surface area contributed by atoms with Crippen LogP contribution < -0.4 is 4.74 Å². The van der Waals surface area contributed by atoms with Crippen molar-refractivity contribution in [2.75, 3.05) is 0 Å². The lowest BCUT2D eigenvalue weighted by molar-refractivity contribution is -0.275. The summed E-state index contributed by atoms with van der Waals surface area (Å²) in [6.45, 7) is 0. The summed E-state index contributed by atoms with van der Waals surface area (Å²) in [7, 11) is 0. The summed E-state index contributed by atoms with van der Waals surface area (Å²) in [4.78, 5) is 10.2. The summed E-state index contributed by atoms with van der Waals surface area (Å²) in [5.41, 5.74) is -0.315. The third-order valence-corrected chi connectivity index (χ3v) is 1.62. The Kier molecular flexibility index (Phi) is 3.72. The van der Waals surface area contributed by atoms with Crippen molar-refractivity contribution in [2.45, 2.75) is 6.36 Å². The van der Waals surface area contributed by atoms with Crippen LogP contribution in [0, 0.1) is 5.82 Å². The van der Waals surface area contributed by atoms with Gasteiger partial charge in [0, 0.05) is 11.6 Å². The Balaban J connectivity index is 3.13. The quantitative estimate of drug-likeness (QED) is 0.662. The van der Waals surface area contributed by atoms with E-state index < -0.39 is 23.9 Å². The zero-order valence-electron chi connectivity index (χ0n) is 8.16. The van der Waals surface area contributed by atoms with Gasteiger partial charge in [0.15, 0.2) is 11.6 Å². The normalized spacial score (nSPS) is 11.8. The van der Waals surface area contributed by atoms with Crippen molar-refractivity contribution in [1.82, 2.24) is 0 Å². The van der Waals surface area contributed by atoms with Crippen molar-refractivity contribution >= 4 is 12.0 Å². The van der Waals surface area contributed by atoms with Crippen LogP contribution in [0.4, 0.5) is 17.6 Å². The van der Waals surface area contributed by atoms with Crippen LogP contribution in [0.1, 0.15) is 5.56 Å². The van der Waals surface area contributed by atoms with Crippen molar-refractivity contribution in [3.05, 3.63) is 35.7 Å². The van der Waals surface area contributed by atoms with Gasteiger partial charge in [-0.15, -0.1) is 13.2 Å². The van der Waals surface area contributed by atoms with Crippen LogP contribution in [0.5, 0.6) is 5.75 Å². The first-order chi connectivity index (χ1) is 7.79. The number of benzene rings is 1. The molecule has 3 nitrogen and oxygen atoms in total. The lowest BCUT2D eigenvalue weighted by Gasteiger charge is -2.11. The fourth-order valence-corrected chi connectivity index (χ4v) is 1.04. The molecule has 1 aromatic carbocycles. The number of carboxylic acids is 1. The van der Waals surface area contributed by atoms with E-state index in [1.165, 1.54) is 0 Å². The van der Waals surface area contributed by atoms with E-state index in [4.69, 9.17) is 5.11 Å². The third-order valence-electron chi connectivity index (χ3n) is 1.62. The predicted octanol–water partition coefficient (Wildman–Crippen LogP) is 2.82. The van der Waals surface area contributed by atoms with Gasteiger partial charge in [0.1, 0.15) is 0 Å². The lowest BCUT2D eigenvalue weighted by Crippen LogP contribution is -2.18. The zero-order chi connectivity index (χ0) is 13.1. The average molecular weight is 250 g/mol. The van der Waals surface area contributed by atoms with Gasteiger partial charge in [0.05, 0.1) is 0 Å². The van der Waals surface area contributed by atoms with Crippen LogP contribution in [0.25, 0.3) is 6.08 Å². The van der Waals surface area contributed by atoms with Gasteiger partial charge in [0.2, 0.25) is 0 Å². The first-order valence-electron chi connectivity index (χ1n) is 4.25. The molecule has 1 aromatic rings. The van der Waals surface area contributed by atoms with Crippen LogP contribution in [0.3, 0.4) is 0 Å². The Morgan fingerprint density at radius 2 is 2.00 bits per heavy atom. The largest absolute Gasteiger partial charge is 0.573 e. The molecule has 0 aliphatic rings. The summed E-state index contributed by atoms with van der Waals surface area (Å²) in [6, 6.07) is 3.02. The van der Waals surface area contributed by atoms with Gasteiger partial charge in [-0.3, -0.25) is 0 Å². The molecule has 0 saturated carbocycles. The maximum Gasteiger partial charge on any atom is 0.573 e. The standard InChI is InChI=1S/C10H6F4O3/c11-7-3-1-2-6(4-5-8(15)16)9(7)17-10(12,13)14/h1-5H,(H,15,16)/b5-4+. The molecule has 17 heavy (non-hydrogen) atoms. The van der Waals surface area contributed by atoms with Gasteiger partial charge < -0.3 is 9.84 Å². The monoisotopic (exact) mass is 250 g/mol. The van der Waals surface area contributed by atoms with Crippen molar-refractivity contribution in [2.24, 2.45) is 0 Å². The van der Waals surface area contributed by atoms with E-state index in [1.54, 1.807) is 0 Å². The van der Waals surface area contributed by atoms with Crippen LogP contribution in [0.15, 0.2) is 24.3 Å². The molecule has 0 spiro atoms. The smallest absolute Gasteiger partial charge is 0.478 e. The predicted molar refractivity (Wildman–Crippen MR) is 49.8 cm³/mol. The van der Waals surface area contributed by atoms with E-state index in [9.17, 15) is 22.4 Å². The number of rotatable bonds is 3. The highest BCUT2D eigenvalue weighted by molar-refractivity contribution is 5.85. The molecule has 1 N–H and O–H groups in total. The minimum absolute atomic E-state index is 0.315. The van der Waals surface area contributed by atoms with Gasteiger partial charge in [0.25, 0.3) is 0 Å². The Bertz CT molecular complexity index is 451. The fourth-order valence-electron chi connectivity index (χ4n) is 1.04. The minimum Gasteiger partial charge on any atom is -0.478 e. The summed E-state index contributed by atoms with van der Waals surface area (Å²) < 4.78 is 52.5. The highest BCUT2D eigenvalue weighted by Gasteiger charge is 2.33. The lowest BCUT2D eigenvalue weighted by atomic mass is 10.2. The molecule has 0 radical (unpaired) electrons. The van der Waals surface area contributed by atoms with Gasteiger partial charge in [-0.25, -0.2) is 9.18 Å². The molecule has 0 fully saturated rings. The molecule has 0 aromatic heterocycles. The summed E-state index contributed by atoms with van der Waals surface area (Å²) in [5.74, 6) is -3.65. The van der Waals surface area contributed by atoms with Crippen LogP contribution in [0.2, 0.25) is 0 Å². The van der Waals surface area contributed by atoms with Gasteiger partial charge in [-0.05, 0) is 12.1 Å². The van der Waals surface area contributed by atoms with Gasteiger partial charge >= 0.3 is 12.3 Å². The Morgan fingerprint density at radius 3 is 2.53 bits per heavy atom. The van der Waals surface area contributed by atoms with E-state index in [2.05, 4.69) is 4.74 Å². The second-order valence-electron chi connectivity index (χ2n) is 2.88. The highest BCUT2D eigenvalue weighted by atomic mass is 19.4. The second-order valence-corrected chi connectivity index (χ2v) is 2.88. The molecular weight excluding hydrogens is 244 g/mol. The van der Waals surface area contributed by atoms with Crippen LogP contribution in [-0.4, -0.2) is 17.4 Å².